The Morgan fingerprint density at radius 1 is 1.10 bits per heavy atom. The summed E-state index contributed by atoms with van der Waals surface area (Å²) in [5.74, 6) is -0.0804. The predicted molar refractivity (Wildman–Crippen MR) is 84.5 cm³/mol. The Hall–Kier alpha value is -2.00. The molecule has 0 unspecified atom stereocenters. The number of benzene rings is 2. The van der Waals surface area contributed by atoms with Crippen LogP contribution < -0.4 is 10.6 Å². The maximum absolute atomic E-state index is 11.8. The third-order valence-electron chi connectivity index (χ3n) is 2.96. The molecule has 0 radical (unpaired) electrons. The van der Waals surface area contributed by atoms with Crippen LogP contribution in [0.5, 0.6) is 0 Å². The van der Waals surface area contributed by atoms with Gasteiger partial charge in [0.2, 0.25) is 5.91 Å². The molecule has 0 aliphatic rings. The van der Waals surface area contributed by atoms with Crippen LogP contribution in [0.3, 0.4) is 0 Å². The fraction of sp³-hybridized carbons (Fsp3) is 0.188. The van der Waals surface area contributed by atoms with Gasteiger partial charge < -0.3 is 10.6 Å². The Kier molecular flexibility index (Phi) is 4.64. The highest BCUT2D eigenvalue weighted by atomic mass is 35.5. The molecular weight excluding hydrogens is 272 g/mol. The van der Waals surface area contributed by atoms with Gasteiger partial charge in [-0.25, -0.2) is 0 Å². The number of carbonyl (C=O) groups excluding carboxylic acids is 1. The number of halogens is 1. The van der Waals surface area contributed by atoms with Crippen molar-refractivity contribution in [2.45, 2.75) is 13.8 Å². The second-order valence-electron chi connectivity index (χ2n) is 4.73. The summed E-state index contributed by atoms with van der Waals surface area (Å²) in [6, 6.07) is 13.2. The van der Waals surface area contributed by atoms with Crippen LogP contribution in [0, 0.1) is 13.8 Å². The zero-order chi connectivity index (χ0) is 14.5. The standard InChI is InChI=1S/C16H17ClN2O/c1-11-3-6-14(7-4-11)19-16(20)10-18-15-8-5-13(17)9-12(15)2/h3-9,18H,10H2,1-2H3,(H,19,20). The van der Waals surface area contributed by atoms with Crippen molar-refractivity contribution in [2.24, 2.45) is 0 Å². The average molecular weight is 289 g/mol. The first-order chi connectivity index (χ1) is 9.54. The van der Waals surface area contributed by atoms with E-state index in [1.54, 1.807) is 6.07 Å². The van der Waals surface area contributed by atoms with Gasteiger partial charge in [-0.05, 0) is 49.7 Å². The largest absolute Gasteiger partial charge is 0.376 e. The van der Waals surface area contributed by atoms with Crippen molar-refractivity contribution in [3.8, 4) is 0 Å². The van der Waals surface area contributed by atoms with Crippen molar-refractivity contribution in [1.29, 1.82) is 0 Å². The van der Waals surface area contributed by atoms with E-state index in [0.29, 0.717) is 5.02 Å². The van der Waals surface area contributed by atoms with Gasteiger partial charge in [-0.2, -0.15) is 0 Å². The molecule has 0 saturated heterocycles. The lowest BCUT2D eigenvalue weighted by atomic mass is 10.2. The van der Waals surface area contributed by atoms with Gasteiger partial charge in [-0.15, -0.1) is 0 Å². The summed E-state index contributed by atoms with van der Waals surface area (Å²) in [5, 5.41) is 6.64. The average Bonchev–Trinajstić information content (AvgIpc) is 2.40. The van der Waals surface area contributed by atoms with Gasteiger partial charge in [0.05, 0.1) is 6.54 Å². The number of rotatable bonds is 4. The number of hydrogen-bond donors (Lipinski definition) is 2. The summed E-state index contributed by atoms with van der Waals surface area (Å²) < 4.78 is 0. The van der Waals surface area contributed by atoms with Crippen LogP contribution in [0.1, 0.15) is 11.1 Å². The summed E-state index contributed by atoms with van der Waals surface area (Å²) >= 11 is 5.89. The van der Waals surface area contributed by atoms with Crippen molar-refractivity contribution in [2.75, 3.05) is 17.2 Å². The van der Waals surface area contributed by atoms with Gasteiger partial charge in [0.25, 0.3) is 0 Å². The number of nitrogens with one attached hydrogen (secondary N) is 2. The Morgan fingerprint density at radius 2 is 1.80 bits per heavy atom. The lowest BCUT2D eigenvalue weighted by Crippen LogP contribution is -2.22. The first-order valence-electron chi connectivity index (χ1n) is 6.41. The van der Waals surface area contributed by atoms with Crippen molar-refractivity contribution in [3.05, 3.63) is 58.6 Å². The van der Waals surface area contributed by atoms with Crippen molar-refractivity contribution < 1.29 is 4.79 Å². The molecule has 2 aromatic carbocycles. The SMILES string of the molecule is Cc1ccc(NC(=O)CNc2ccc(Cl)cc2C)cc1. The molecule has 3 nitrogen and oxygen atoms in total. The first-order valence-corrected chi connectivity index (χ1v) is 6.79. The van der Waals surface area contributed by atoms with E-state index in [1.807, 2.05) is 50.2 Å². The van der Waals surface area contributed by atoms with Gasteiger partial charge in [0.15, 0.2) is 0 Å². The van der Waals surface area contributed by atoms with E-state index in [2.05, 4.69) is 10.6 Å². The molecule has 0 atom stereocenters. The highest BCUT2D eigenvalue weighted by Gasteiger charge is 2.04. The van der Waals surface area contributed by atoms with E-state index >= 15 is 0 Å². The summed E-state index contributed by atoms with van der Waals surface area (Å²) in [5.41, 5.74) is 3.89. The van der Waals surface area contributed by atoms with Crippen LogP contribution in [0.15, 0.2) is 42.5 Å². The molecule has 0 aromatic heterocycles. The zero-order valence-electron chi connectivity index (χ0n) is 11.5. The topological polar surface area (TPSA) is 41.1 Å². The van der Waals surface area contributed by atoms with Crippen LogP contribution in [0.2, 0.25) is 5.02 Å². The quantitative estimate of drug-likeness (QED) is 0.892. The smallest absolute Gasteiger partial charge is 0.243 e. The van der Waals surface area contributed by atoms with Crippen LogP contribution in [-0.4, -0.2) is 12.5 Å². The van der Waals surface area contributed by atoms with Crippen LogP contribution >= 0.6 is 11.6 Å². The Morgan fingerprint density at radius 3 is 2.45 bits per heavy atom. The van der Waals surface area contributed by atoms with E-state index in [-0.39, 0.29) is 12.5 Å². The molecular formula is C16H17ClN2O. The Balaban J connectivity index is 1.90. The number of amides is 1. The molecule has 0 fully saturated rings. The molecule has 0 spiro atoms. The minimum absolute atomic E-state index is 0.0804. The monoisotopic (exact) mass is 288 g/mol. The molecule has 1 amide bonds. The van der Waals surface area contributed by atoms with Crippen LogP contribution in [-0.2, 0) is 4.79 Å². The predicted octanol–water partition coefficient (Wildman–Crippen LogP) is 4.01. The van der Waals surface area contributed by atoms with E-state index in [1.165, 1.54) is 0 Å². The normalized spacial score (nSPS) is 10.2. The molecule has 20 heavy (non-hydrogen) atoms. The summed E-state index contributed by atoms with van der Waals surface area (Å²) in [7, 11) is 0. The van der Waals surface area contributed by atoms with E-state index in [0.717, 1.165) is 22.5 Å². The minimum atomic E-state index is -0.0804. The maximum atomic E-state index is 11.8. The van der Waals surface area contributed by atoms with E-state index < -0.39 is 0 Å². The van der Waals surface area contributed by atoms with Crippen LogP contribution in [0.25, 0.3) is 0 Å². The third kappa shape index (κ3) is 4.00. The number of aryl methyl sites for hydroxylation is 2. The molecule has 104 valence electrons. The summed E-state index contributed by atoms with van der Waals surface area (Å²) in [6.07, 6.45) is 0. The molecule has 4 heteroatoms. The molecule has 0 aliphatic heterocycles. The van der Waals surface area contributed by atoms with Gasteiger partial charge in [0.1, 0.15) is 0 Å². The van der Waals surface area contributed by atoms with Crippen molar-refractivity contribution in [3.63, 3.8) is 0 Å². The number of anilines is 2. The number of hydrogen-bond acceptors (Lipinski definition) is 2. The number of carbonyl (C=O) groups is 1. The molecule has 2 aromatic rings. The zero-order valence-corrected chi connectivity index (χ0v) is 12.3. The second kappa shape index (κ2) is 6.44. The van der Waals surface area contributed by atoms with Crippen molar-refractivity contribution in [1.82, 2.24) is 0 Å². The Bertz CT molecular complexity index is 608. The molecule has 2 rings (SSSR count). The molecule has 0 bridgehead atoms. The first kappa shape index (κ1) is 14.4. The van der Waals surface area contributed by atoms with E-state index in [4.69, 9.17) is 11.6 Å². The summed E-state index contributed by atoms with van der Waals surface area (Å²) in [6.45, 7) is 4.18. The summed E-state index contributed by atoms with van der Waals surface area (Å²) in [4.78, 5) is 11.8. The molecule has 0 heterocycles. The van der Waals surface area contributed by atoms with Gasteiger partial charge in [-0.1, -0.05) is 29.3 Å². The van der Waals surface area contributed by atoms with Gasteiger partial charge in [-0.3, -0.25) is 4.79 Å². The lowest BCUT2D eigenvalue weighted by molar-refractivity contribution is -0.114. The highest BCUT2D eigenvalue weighted by Crippen LogP contribution is 2.19. The van der Waals surface area contributed by atoms with E-state index in [9.17, 15) is 4.79 Å². The Labute approximate surface area is 124 Å². The van der Waals surface area contributed by atoms with Gasteiger partial charge >= 0.3 is 0 Å². The third-order valence-corrected chi connectivity index (χ3v) is 3.20. The lowest BCUT2D eigenvalue weighted by Gasteiger charge is -2.10. The maximum Gasteiger partial charge on any atom is 0.243 e. The fourth-order valence-electron chi connectivity index (χ4n) is 1.84. The minimum Gasteiger partial charge on any atom is -0.376 e. The van der Waals surface area contributed by atoms with Crippen molar-refractivity contribution >= 4 is 28.9 Å². The highest BCUT2D eigenvalue weighted by molar-refractivity contribution is 6.30. The molecule has 0 aliphatic carbocycles. The fourth-order valence-corrected chi connectivity index (χ4v) is 2.07. The molecule has 2 N–H and O–H groups in total. The van der Waals surface area contributed by atoms with Gasteiger partial charge in [0, 0.05) is 16.4 Å². The second-order valence-corrected chi connectivity index (χ2v) is 5.16. The molecule has 0 saturated carbocycles. The van der Waals surface area contributed by atoms with Crippen LogP contribution in [0.4, 0.5) is 11.4 Å².